The third kappa shape index (κ3) is 4.46. The van der Waals surface area contributed by atoms with Gasteiger partial charge in [-0.15, -0.1) is 11.8 Å². The first-order valence-electron chi connectivity index (χ1n) is 12.5. The summed E-state index contributed by atoms with van der Waals surface area (Å²) in [6, 6.07) is 21.5. The SMILES string of the molecule is COc1ccc2c(c1)C1(SCCN1C(=O)Nc1cccc(C)c1)C(=O)N2Cc1ccc(C(C)(C)C)cc1. The first kappa shape index (κ1) is 25.2. The van der Waals surface area contributed by atoms with Crippen LogP contribution in [0.1, 0.15) is 43.0 Å². The normalized spacial score (nSPS) is 18.9. The monoisotopic (exact) mass is 515 g/mol. The molecule has 2 aliphatic rings. The van der Waals surface area contributed by atoms with Crippen LogP contribution in [0.2, 0.25) is 0 Å². The molecule has 1 saturated heterocycles. The van der Waals surface area contributed by atoms with E-state index in [1.54, 1.807) is 12.0 Å². The van der Waals surface area contributed by atoms with Crippen molar-refractivity contribution in [3.05, 3.63) is 89.0 Å². The molecule has 1 spiro atoms. The molecule has 0 radical (unpaired) electrons. The zero-order valence-corrected chi connectivity index (χ0v) is 22.8. The molecule has 3 aromatic rings. The van der Waals surface area contributed by atoms with E-state index in [0.717, 1.165) is 22.4 Å². The molecule has 0 aliphatic carbocycles. The van der Waals surface area contributed by atoms with Gasteiger partial charge in [0, 0.05) is 23.5 Å². The van der Waals surface area contributed by atoms with Crippen LogP contribution in [0.4, 0.5) is 16.2 Å². The summed E-state index contributed by atoms with van der Waals surface area (Å²) in [4.78, 5) is 30.2. The Morgan fingerprint density at radius 3 is 2.51 bits per heavy atom. The van der Waals surface area contributed by atoms with Gasteiger partial charge in [-0.2, -0.15) is 0 Å². The molecule has 1 atom stereocenters. The number of urea groups is 1. The van der Waals surface area contributed by atoms with Crippen LogP contribution in [-0.2, 0) is 21.6 Å². The number of nitrogens with zero attached hydrogens (tertiary/aromatic N) is 2. The Morgan fingerprint density at radius 1 is 1.08 bits per heavy atom. The summed E-state index contributed by atoms with van der Waals surface area (Å²) in [5.41, 5.74) is 5.72. The van der Waals surface area contributed by atoms with Crippen molar-refractivity contribution in [1.29, 1.82) is 0 Å². The van der Waals surface area contributed by atoms with Crippen LogP contribution < -0.4 is 15.0 Å². The van der Waals surface area contributed by atoms with E-state index in [-0.39, 0.29) is 17.4 Å². The molecular weight excluding hydrogens is 482 g/mol. The number of benzene rings is 3. The summed E-state index contributed by atoms with van der Waals surface area (Å²) in [7, 11) is 1.61. The lowest BCUT2D eigenvalue weighted by molar-refractivity contribution is -0.123. The van der Waals surface area contributed by atoms with E-state index >= 15 is 0 Å². The van der Waals surface area contributed by atoms with E-state index in [2.05, 4.69) is 50.4 Å². The molecule has 37 heavy (non-hydrogen) atoms. The minimum atomic E-state index is -1.14. The number of anilines is 2. The Bertz CT molecular complexity index is 1350. The average molecular weight is 516 g/mol. The number of hydrogen-bond acceptors (Lipinski definition) is 4. The van der Waals surface area contributed by atoms with Crippen molar-refractivity contribution in [3.63, 3.8) is 0 Å². The molecular formula is C30H33N3O3S. The fourth-order valence-corrected chi connectivity index (χ4v) is 6.54. The second-order valence-electron chi connectivity index (χ2n) is 10.7. The molecule has 192 valence electrons. The fourth-order valence-electron chi connectivity index (χ4n) is 5.08. The maximum atomic E-state index is 14.3. The highest BCUT2D eigenvalue weighted by Gasteiger charge is 2.59. The van der Waals surface area contributed by atoms with Gasteiger partial charge in [0.2, 0.25) is 0 Å². The van der Waals surface area contributed by atoms with Crippen LogP contribution in [0.15, 0.2) is 66.7 Å². The quantitative estimate of drug-likeness (QED) is 0.444. The summed E-state index contributed by atoms with van der Waals surface area (Å²) in [5, 5.41) is 3.01. The van der Waals surface area contributed by atoms with E-state index in [1.165, 1.54) is 17.3 Å². The molecule has 0 aromatic heterocycles. The van der Waals surface area contributed by atoms with Crippen molar-refractivity contribution in [2.24, 2.45) is 0 Å². The van der Waals surface area contributed by atoms with Gasteiger partial charge in [-0.1, -0.05) is 57.2 Å². The first-order valence-corrected chi connectivity index (χ1v) is 13.5. The molecule has 1 unspecified atom stereocenters. The van der Waals surface area contributed by atoms with Gasteiger partial charge in [-0.3, -0.25) is 9.69 Å². The van der Waals surface area contributed by atoms with Gasteiger partial charge in [-0.05, 0) is 59.4 Å². The van der Waals surface area contributed by atoms with Gasteiger partial charge in [-0.25, -0.2) is 4.79 Å². The summed E-state index contributed by atoms with van der Waals surface area (Å²) in [5.74, 6) is 1.23. The van der Waals surface area contributed by atoms with Gasteiger partial charge in [0.25, 0.3) is 5.91 Å². The fraction of sp³-hybridized carbons (Fsp3) is 0.333. The second-order valence-corrected chi connectivity index (χ2v) is 12.0. The smallest absolute Gasteiger partial charge is 0.323 e. The molecule has 3 aromatic carbocycles. The van der Waals surface area contributed by atoms with Gasteiger partial charge in [0.1, 0.15) is 5.75 Å². The average Bonchev–Trinajstić information content (AvgIpc) is 3.41. The summed E-state index contributed by atoms with van der Waals surface area (Å²) in [6.07, 6.45) is 0. The van der Waals surface area contributed by atoms with Crippen molar-refractivity contribution in [1.82, 2.24) is 4.90 Å². The number of hydrogen-bond donors (Lipinski definition) is 1. The molecule has 0 saturated carbocycles. The minimum absolute atomic E-state index is 0.0564. The van der Waals surface area contributed by atoms with Gasteiger partial charge < -0.3 is 15.0 Å². The molecule has 0 bridgehead atoms. The third-order valence-electron chi connectivity index (χ3n) is 7.08. The van der Waals surface area contributed by atoms with Crippen LogP contribution in [0.3, 0.4) is 0 Å². The van der Waals surface area contributed by atoms with Crippen LogP contribution >= 0.6 is 11.8 Å². The Labute approximate surface area is 223 Å². The number of methoxy groups -OCH3 is 1. The molecule has 6 nitrogen and oxygen atoms in total. The molecule has 1 fully saturated rings. The molecule has 1 N–H and O–H groups in total. The predicted octanol–water partition coefficient (Wildman–Crippen LogP) is 6.28. The van der Waals surface area contributed by atoms with Crippen LogP contribution in [0.5, 0.6) is 5.75 Å². The van der Waals surface area contributed by atoms with Crippen LogP contribution in [-0.4, -0.2) is 36.2 Å². The summed E-state index contributed by atoms with van der Waals surface area (Å²) >= 11 is 1.51. The van der Waals surface area contributed by atoms with Crippen molar-refractivity contribution in [2.45, 2.75) is 44.5 Å². The highest BCUT2D eigenvalue weighted by atomic mass is 32.2. The number of aryl methyl sites for hydroxylation is 1. The van der Waals surface area contributed by atoms with E-state index in [9.17, 15) is 9.59 Å². The van der Waals surface area contributed by atoms with Crippen molar-refractivity contribution < 1.29 is 14.3 Å². The number of carbonyl (C=O) groups excluding carboxylic acids is 2. The minimum Gasteiger partial charge on any atom is -0.497 e. The second kappa shape index (κ2) is 9.45. The maximum Gasteiger partial charge on any atom is 0.323 e. The van der Waals surface area contributed by atoms with E-state index in [4.69, 9.17) is 4.74 Å². The maximum absolute atomic E-state index is 14.3. The number of carbonyl (C=O) groups is 2. The van der Waals surface area contributed by atoms with Crippen molar-refractivity contribution >= 4 is 35.1 Å². The molecule has 7 heteroatoms. The third-order valence-corrected chi connectivity index (χ3v) is 8.50. The molecule has 3 amide bonds. The largest absolute Gasteiger partial charge is 0.497 e. The van der Waals surface area contributed by atoms with E-state index in [1.807, 2.05) is 54.3 Å². The van der Waals surface area contributed by atoms with E-state index < -0.39 is 4.87 Å². The van der Waals surface area contributed by atoms with Crippen LogP contribution in [0, 0.1) is 6.92 Å². The lowest BCUT2D eigenvalue weighted by atomic mass is 9.87. The highest BCUT2D eigenvalue weighted by Crippen LogP contribution is 2.55. The molecule has 2 aliphatic heterocycles. The summed E-state index contributed by atoms with van der Waals surface area (Å²) < 4.78 is 5.52. The van der Waals surface area contributed by atoms with E-state index in [0.29, 0.717) is 30.3 Å². The number of amides is 3. The van der Waals surface area contributed by atoms with Gasteiger partial charge in [0.15, 0.2) is 4.87 Å². The summed E-state index contributed by atoms with van der Waals surface area (Å²) in [6.45, 7) is 9.45. The van der Waals surface area contributed by atoms with Crippen molar-refractivity contribution in [3.8, 4) is 5.75 Å². The topological polar surface area (TPSA) is 61.9 Å². The Morgan fingerprint density at radius 2 is 1.84 bits per heavy atom. The Hall–Kier alpha value is -3.45. The Kier molecular flexibility index (Phi) is 6.44. The van der Waals surface area contributed by atoms with Gasteiger partial charge in [0.05, 0.1) is 19.3 Å². The zero-order valence-electron chi connectivity index (χ0n) is 22.0. The number of nitrogens with one attached hydrogen (secondary N) is 1. The first-order chi connectivity index (χ1) is 17.6. The number of ether oxygens (including phenoxy) is 1. The Balaban J connectivity index is 1.51. The lowest BCUT2D eigenvalue weighted by Crippen LogP contribution is -2.51. The predicted molar refractivity (Wildman–Crippen MR) is 150 cm³/mol. The number of fused-ring (bicyclic) bond motifs is 2. The lowest BCUT2D eigenvalue weighted by Gasteiger charge is -2.33. The van der Waals surface area contributed by atoms with Crippen LogP contribution in [0.25, 0.3) is 0 Å². The number of rotatable bonds is 4. The standard InChI is InChI=1S/C30H33N3O3S/c1-20-7-6-8-23(17-20)31-28(35)33-15-16-37-30(33)25-18-24(36-5)13-14-26(25)32(27(30)34)19-21-9-11-22(12-10-21)29(2,3)4/h6-14,17-18H,15-16,19H2,1-5H3,(H,31,35). The van der Waals surface area contributed by atoms with Gasteiger partial charge >= 0.3 is 6.03 Å². The highest BCUT2D eigenvalue weighted by molar-refractivity contribution is 8.01. The number of thioether (sulfide) groups is 1. The molecule has 5 rings (SSSR count). The van der Waals surface area contributed by atoms with Crippen molar-refractivity contribution in [2.75, 3.05) is 29.6 Å². The zero-order chi connectivity index (χ0) is 26.4. The molecule has 2 heterocycles.